The number of carbonyl (C=O) groups excluding carboxylic acids is 1. The van der Waals surface area contributed by atoms with Gasteiger partial charge < -0.3 is 5.32 Å². The Balaban J connectivity index is 2.16. The lowest BCUT2D eigenvalue weighted by Gasteiger charge is -2.05. The highest BCUT2D eigenvalue weighted by Crippen LogP contribution is 2.13. The standard InChI is InChI=1S/C14H8F2N2O/c15-12-6-3-10(7-13(12)16)14(19)18-11-4-1-9(8-17)2-5-11/h1-7H,(H,18,19). The molecule has 0 unspecified atom stereocenters. The van der Waals surface area contributed by atoms with Crippen molar-refractivity contribution in [3.05, 3.63) is 65.2 Å². The van der Waals surface area contributed by atoms with E-state index in [2.05, 4.69) is 5.32 Å². The van der Waals surface area contributed by atoms with Crippen LogP contribution in [0, 0.1) is 23.0 Å². The second kappa shape index (κ2) is 5.27. The minimum Gasteiger partial charge on any atom is -0.322 e. The third-order valence-corrected chi connectivity index (χ3v) is 2.45. The molecule has 0 aliphatic heterocycles. The predicted molar refractivity (Wildman–Crippen MR) is 65.5 cm³/mol. The molecule has 0 bridgehead atoms. The zero-order valence-corrected chi connectivity index (χ0v) is 9.65. The summed E-state index contributed by atoms with van der Waals surface area (Å²) < 4.78 is 25.7. The number of hydrogen-bond donors (Lipinski definition) is 1. The summed E-state index contributed by atoms with van der Waals surface area (Å²) in [6.07, 6.45) is 0. The zero-order chi connectivity index (χ0) is 13.8. The van der Waals surface area contributed by atoms with E-state index in [-0.39, 0.29) is 5.56 Å². The molecule has 0 atom stereocenters. The van der Waals surface area contributed by atoms with Crippen LogP contribution >= 0.6 is 0 Å². The topological polar surface area (TPSA) is 52.9 Å². The smallest absolute Gasteiger partial charge is 0.255 e. The zero-order valence-electron chi connectivity index (χ0n) is 9.65. The van der Waals surface area contributed by atoms with E-state index in [1.54, 1.807) is 24.3 Å². The number of rotatable bonds is 2. The Bertz CT molecular complexity index is 660. The van der Waals surface area contributed by atoms with E-state index in [9.17, 15) is 13.6 Å². The van der Waals surface area contributed by atoms with Crippen LogP contribution in [0.25, 0.3) is 0 Å². The fraction of sp³-hybridized carbons (Fsp3) is 0. The molecule has 0 aliphatic rings. The highest BCUT2D eigenvalue weighted by Gasteiger charge is 2.09. The third-order valence-electron chi connectivity index (χ3n) is 2.45. The molecule has 0 heterocycles. The van der Waals surface area contributed by atoms with Gasteiger partial charge in [0.15, 0.2) is 11.6 Å². The van der Waals surface area contributed by atoms with Gasteiger partial charge in [0.1, 0.15) is 0 Å². The van der Waals surface area contributed by atoms with E-state index in [4.69, 9.17) is 5.26 Å². The Morgan fingerprint density at radius 3 is 2.32 bits per heavy atom. The van der Waals surface area contributed by atoms with Gasteiger partial charge in [0.05, 0.1) is 11.6 Å². The van der Waals surface area contributed by atoms with Gasteiger partial charge in [-0.3, -0.25) is 4.79 Å². The molecular weight excluding hydrogens is 250 g/mol. The van der Waals surface area contributed by atoms with Crippen LogP contribution in [0.15, 0.2) is 42.5 Å². The molecule has 0 saturated carbocycles. The number of benzene rings is 2. The van der Waals surface area contributed by atoms with Gasteiger partial charge in [0, 0.05) is 11.3 Å². The summed E-state index contributed by atoms with van der Waals surface area (Å²) >= 11 is 0. The molecule has 2 aromatic rings. The van der Waals surface area contributed by atoms with Crippen molar-refractivity contribution in [1.29, 1.82) is 5.26 Å². The van der Waals surface area contributed by atoms with Gasteiger partial charge in [0.2, 0.25) is 0 Å². The molecular formula is C14H8F2N2O. The van der Waals surface area contributed by atoms with E-state index in [1.165, 1.54) is 6.07 Å². The third kappa shape index (κ3) is 2.93. The average Bonchev–Trinajstić information content (AvgIpc) is 2.42. The van der Waals surface area contributed by atoms with Crippen molar-refractivity contribution in [2.45, 2.75) is 0 Å². The lowest BCUT2D eigenvalue weighted by atomic mass is 10.2. The quantitative estimate of drug-likeness (QED) is 0.899. The van der Waals surface area contributed by atoms with Crippen LogP contribution in [0.4, 0.5) is 14.5 Å². The fourth-order valence-corrected chi connectivity index (χ4v) is 1.47. The minimum absolute atomic E-state index is 0.0169. The number of hydrogen-bond acceptors (Lipinski definition) is 2. The highest BCUT2D eigenvalue weighted by atomic mass is 19.2. The Hall–Kier alpha value is -2.74. The number of nitriles is 1. The summed E-state index contributed by atoms with van der Waals surface area (Å²) in [5.41, 5.74) is 0.947. The second-order valence-electron chi connectivity index (χ2n) is 3.77. The van der Waals surface area contributed by atoms with Gasteiger partial charge in [0.25, 0.3) is 5.91 Å². The number of carbonyl (C=O) groups is 1. The molecule has 0 saturated heterocycles. The first-order valence-corrected chi connectivity index (χ1v) is 5.37. The number of nitrogens with zero attached hydrogens (tertiary/aromatic N) is 1. The van der Waals surface area contributed by atoms with Crippen LogP contribution in [0.1, 0.15) is 15.9 Å². The molecule has 19 heavy (non-hydrogen) atoms. The monoisotopic (exact) mass is 258 g/mol. The summed E-state index contributed by atoms with van der Waals surface area (Å²) in [5, 5.41) is 11.1. The molecule has 1 N–H and O–H groups in total. The number of amides is 1. The molecule has 0 spiro atoms. The Labute approximate surface area is 108 Å². The van der Waals surface area contributed by atoms with Crippen LogP contribution < -0.4 is 5.32 Å². The van der Waals surface area contributed by atoms with E-state index in [0.29, 0.717) is 11.3 Å². The molecule has 3 nitrogen and oxygen atoms in total. The summed E-state index contributed by atoms with van der Waals surface area (Å²) in [6, 6.07) is 11.0. The van der Waals surface area contributed by atoms with Gasteiger partial charge in [-0.1, -0.05) is 0 Å². The maximum Gasteiger partial charge on any atom is 0.255 e. The maximum absolute atomic E-state index is 13.0. The Morgan fingerprint density at radius 2 is 1.74 bits per heavy atom. The van der Waals surface area contributed by atoms with Gasteiger partial charge >= 0.3 is 0 Å². The molecule has 5 heteroatoms. The van der Waals surface area contributed by atoms with Gasteiger partial charge in [-0.25, -0.2) is 8.78 Å². The van der Waals surface area contributed by atoms with Crippen LogP contribution in [0.2, 0.25) is 0 Å². The van der Waals surface area contributed by atoms with Gasteiger partial charge in [-0.2, -0.15) is 5.26 Å². The molecule has 94 valence electrons. The van der Waals surface area contributed by atoms with Gasteiger partial charge in [-0.15, -0.1) is 0 Å². The first kappa shape index (κ1) is 12.7. The number of nitrogens with one attached hydrogen (secondary N) is 1. The number of halogens is 2. The SMILES string of the molecule is N#Cc1ccc(NC(=O)c2ccc(F)c(F)c2)cc1. The average molecular weight is 258 g/mol. The van der Waals surface area contributed by atoms with Crippen LogP contribution in [0.5, 0.6) is 0 Å². The van der Waals surface area contributed by atoms with E-state index in [0.717, 1.165) is 12.1 Å². The molecule has 0 fully saturated rings. The van der Waals surface area contributed by atoms with Gasteiger partial charge in [-0.05, 0) is 42.5 Å². The highest BCUT2D eigenvalue weighted by molar-refractivity contribution is 6.04. The second-order valence-corrected chi connectivity index (χ2v) is 3.77. The van der Waals surface area contributed by atoms with E-state index >= 15 is 0 Å². The predicted octanol–water partition coefficient (Wildman–Crippen LogP) is 3.09. The van der Waals surface area contributed by atoms with Crippen LogP contribution in [-0.2, 0) is 0 Å². The molecule has 2 aromatic carbocycles. The summed E-state index contributed by atoms with van der Waals surface area (Å²) in [6.45, 7) is 0. The first-order chi connectivity index (χ1) is 9.10. The fourth-order valence-electron chi connectivity index (χ4n) is 1.47. The maximum atomic E-state index is 13.0. The van der Waals surface area contributed by atoms with Crippen molar-refractivity contribution in [3.8, 4) is 6.07 Å². The molecule has 1 amide bonds. The Kier molecular flexibility index (Phi) is 3.53. The van der Waals surface area contributed by atoms with Crippen molar-refractivity contribution in [2.24, 2.45) is 0 Å². The lowest BCUT2D eigenvalue weighted by Crippen LogP contribution is -2.12. The van der Waals surface area contributed by atoms with Crippen molar-refractivity contribution < 1.29 is 13.6 Å². The van der Waals surface area contributed by atoms with Crippen molar-refractivity contribution in [3.63, 3.8) is 0 Å². The van der Waals surface area contributed by atoms with Crippen LogP contribution in [-0.4, -0.2) is 5.91 Å². The summed E-state index contributed by atoms with van der Waals surface area (Å²) in [5.74, 6) is -2.63. The van der Waals surface area contributed by atoms with Crippen molar-refractivity contribution in [2.75, 3.05) is 5.32 Å². The van der Waals surface area contributed by atoms with Crippen LogP contribution in [0.3, 0.4) is 0 Å². The normalized spacial score (nSPS) is 9.74. The minimum atomic E-state index is -1.08. The Morgan fingerprint density at radius 1 is 1.05 bits per heavy atom. The largest absolute Gasteiger partial charge is 0.322 e. The molecule has 0 aromatic heterocycles. The van der Waals surface area contributed by atoms with Crippen molar-refractivity contribution >= 4 is 11.6 Å². The summed E-state index contributed by atoms with van der Waals surface area (Å²) in [4.78, 5) is 11.8. The summed E-state index contributed by atoms with van der Waals surface area (Å²) in [7, 11) is 0. The molecule has 2 rings (SSSR count). The first-order valence-electron chi connectivity index (χ1n) is 5.37. The van der Waals surface area contributed by atoms with E-state index < -0.39 is 17.5 Å². The lowest BCUT2D eigenvalue weighted by molar-refractivity contribution is 0.102. The number of anilines is 1. The molecule has 0 aliphatic carbocycles. The van der Waals surface area contributed by atoms with E-state index in [1.807, 2.05) is 6.07 Å². The van der Waals surface area contributed by atoms with Crippen molar-refractivity contribution in [1.82, 2.24) is 0 Å². The molecule has 0 radical (unpaired) electrons.